The van der Waals surface area contributed by atoms with Gasteiger partial charge in [-0.15, -0.1) is 0 Å². The first kappa shape index (κ1) is 7.78. The van der Waals surface area contributed by atoms with Crippen LogP contribution in [0.25, 0.3) is 0 Å². The van der Waals surface area contributed by atoms with E-state index in [0.717, 1.165) is 19.6 Å². The third-order valence-corrected chi connectivity index (χ3v) is 2.61. The summed E-state index contributed by atoms with van der Waals surface area (Å²) in [6, 6.07) is 2.00. The lowest BCUT2D eigenvalue weighted by Crippen LogP contribution is -2.31. The number of hydrogen-bond acceptors (Lipinski definition) is 1. The Kier molecular flexibility index (Phi) is 2.13. The molecule has 0 aromatic carbocycles. The van der Waals surface area contributed by atoms with Gasteiger partial charge in [0.05, 0.1) is 0 Å². The Morgan fingerprint density at radius 2 is 2.10 bits per heavy atom. The molecule has 0 unspecified atom stereocenters. The van der Waals surface area contributed by atoms with E-state index in [1.807, 2.05) is 42.5 Å². The molecule has 3 heteroatoms. The second kappa shape index (κ2) is 2.74. The Morgan fingerprint density at radius 3 is 2.60 bits per heavy atom. The average Bonchev–Trinajstić information content (AvgIpc) is 1.82. The summed E-state index contributed by atoms with van der Waals surface area (Å²) >= 11 is 2.04. The lowest BCUT2D eigenvalue weighted by atomic mass is 10.2. The average molecular weight is 249 g/mol. The molecule has 10 heavy (non-hydrogen) atoms. The highest BCUT2D eigenvalue weighted by Gasteiger charge is 2.04. The normalized spacial score (nSPS) is 9.90. The minimum atomic E-state index is 0.753. The summed E-state index contributed by atoms with van der Waals surface area (Å²) in [5.41, 5.74) is 2.04. The predicted octanol–water partition coefficient (Wildman–Crippen LogP) is 1.54. The van der Waals surface area contributed by atoms with Crippen molar-refractivity contribution in [1.82, 2.24) is 0 Å². The minimum absolute atomic E-state index is 0.753. The highest BCUT2D eigenvalue weighted by Crippen LogP contribution is 2.06. The van der Waals surface area contributed by atoms with Gasteiger partial charge in [-0.05, 0) is 19.9 Å². The van der Waals surface area contributed by atoms with E-state index < -0.39 is 0 Å². The van der Waals surface area contributed by atoms with E-state index >= 15 is 0 Å². The van der Waals surface area contributed by atoms with E-state index in [9.17, 15) is 5.21 Å². The minimum Gasteiger partial charge on any atom is -0.618 e. The smallest absolute Gasteiger partial charge is 0.255 e. The van der Waals surface area contributed by atoms with Crippen molar-refractivity contribution in [2.24, 2.45) is 0 Å². The van der Waals surface area contributed by atoms with Gasteiger partial charge >= 0.3 is 0 Å². The van der Waals surface area contributed by atoms with Crippen LogP contribution in [0.2, 0.25) is 0 Å². The molecular weight excluding hydrogens is 241 g/mol. The standard InChI is InChI=1S/C7H8INO/c1-5-3-6(2)7(8)9(10)4-5/h3-4H,1-2H3. The molecule has 0 atom stereocenters. The molecule has 0 amide bonds. The zero-order valence-electron chi connectivity index (χ0n) is 5.89. The number of nitrogens with zero attached hydrogens (tertiary/aromatic N) is 1. The van der Waals surface area contributed by atoms with Crippen LogP contribution in [-0.4, -0.2) is 0 Å². The van der Waals surface area contributed by atoms with Crippen LogP contribution in [0.4, 0.5) is 0 Å². The van der Waals surface area contributed by atoms with Gasteiger partial charge in [0.15, 0.2) is 6.20 Å². The van der Waals surface area contributed by atoms with Gasteiger partial charge in [0.1, 0.15) is 0 Å². The molecule has 2 nitrogen and oxygen atoms in total. The fourth-order valence-corrected chi connectivity index (χ4v) is 1.15. The van der Waals surface area contributed by atoms with Crippen molar-refractivity contribution in [3.8, 4) is 0 Å². The van der Waals surface area contributed by atoms with Gasteiger partial charge in [-0.1, -0.05) is 0 Å². The maximum atomic E-state index is 11.0. The molecule has 1 aromatic rings. The number of aromatic nitrogens is 1. The Bertz CT molecular complexity index is 237. The molecule has 0 aliphatic rings. The third-order valence-electron chi connectivity index (χ3n) is 1.28. The van der Waals surface area contributed by atoms with Crippen LogP contribution in [0.15, 0.2) is 12.3 Å². The zero-order chi connectivity index (χ0) is 7.72. The van der Waals surface area contributed by atoms with Crippen molar-refractivity contribution in [3.63, 3.8) is 0 Å². The van der Waals surface area contributed by atoms with Crippen molar-refractivity contribution < 1.29 is 4.73 Å². The molecule has 0 aliphatic carbocycles. The highest BCUT2D eigenvalue weighted by atomic mass is 127. The summed E-state index contributed by atoms with van der Waals surface area (Å²) in [6.07, 6.45) is 1.58. The van der Waals surface area contributed by atoms with Crippen molar-refractivity contribution in [1.29, 1.82) is 0 Å². The molecule has 0 radical (unpaired) electrons. The van der Waals surface area contributed by atoms with Crippen LogP contribution in [0.1, 0.15) is 11.1 Å². The Hall–Kier alpha value is -0.320. The predicted molar refractivity (Wildman–Crippen MR) is 47.6 cm³/mol. The third kappa shape index (κ3) is 1.39. The summed E-state index contributed by atoms with van der Waals surface area (Å²) in [5.74, 6) is 0. The second-order valence-corrected chi connectivity index (χ2v) is 3.34. The number of hydrogen-bond donors (Lipinski definition) is 0. The van der Waals surface area contributed by atoms with Gasteiger partial charge in [0.25, 0.3) is 3.70 Å². The van der Waals surface area contributed by atoms with Crippen molar-refractivity contribution in [3.05, 3.63) is 32.3 Å². The fourth-order valence-electron chi connectivity index (χ4n) is 0.854. The summed E-state index contributed by atoms with van der Waals surface area (Å²) < 4.78 is 1.65. The van der Waals surface area contributed by atoms with Gasteiger partial charge < -0.3 is 5.21 Å². The van der Waals surface area contributed by atoms with Gasteiger partial charge in [-0.3, -0.25) is 0 Å². The van der Waals surface area contributed by atoms with E-state index in [0.29, 0.717) is 0 Å². The van der Waals surface area contributed by atoms with E-state index in [2.05, 4.69) is 0 Å². The SMILES string of the molecule is Cc1cc(C)c(I)[n+]([O-])c1. The van der Waals surface area contributed by atoms with Crippen molar-refractivity contribution in [2.75, 3.05) is 0 Å². The summed E-state index contributed by atoms with van der Waals surface area (Å²) in [6.45, 7) is 3.85. The zero-order valence-corrected chi connectivity index (χ0v) is 8.05. The maximum absolute atomic E-state index is 11.0. The summed E-state index contributed by atoms with van der Waals surface area (Å²) in [4.78, 5) is 0. The van der Waals surface area contributed by atoms with E-state index in [1.165, 1.54) is 0 Å². The molecule has 0 bridgehead atoms. The van der Waals surface area contributed by atoms with Crippen LogP contribution < -0.4 is 4.73 Å². The van der Waals surface area contributed by atoms with Crippen molar-refractivity contribution in [2.45, 2.75) is 13.8 Å². The molecule has 54 valence electrons. The Balaban J connectivity index is 3.31. The maximum Gasteiger partial charge on any atom is 0.255 e. The first-order chi connectivity index (χ1) is 4.61. The molecule has 0 saturated heterocycles. The molecule has 0 spiro atoms. The van der Waals surface area contributed by atoms with Crippen LogP contribution in [0.3, 0.4) is 0 Å². The molecule has 1 rings (SSSR count). The first-order valence-corrected chi connectivity index (χ1v) is 4.05. The van der Waals surface area contributed by atoms with E-state index in [4.69, 9.17) is 0 Å². The van der Waals surface area contributed by atoms with Crippen LogP contribution in [-0.2, 0) is 0 Å². The van der Waals surface area contributed by atoms with Gasteiger partial charge in [-0.2, -0.15) is 4.73 Å². The largest absolute Gasteiger partial charge is 0.618 e. The van der Waals surface area contributed by atoms with E-state index in [1.54, 1.807) is 6.20 Å². The Morgan fingerprint density at radius 1 is 1.50 bits per heavy atom. The molecule has 0 aliphatic heterocycles. The van der Waals surface area contributed by atoms with Crippen LogP contribution in [0, 0.1) is 22.8 Å². The number of halogens is 1. The quantitative estimate of drug-likeness (QED) is 0.296. The number of pyridine rings is 1. The molecule has 0 fully saturated rings. The van der Waals surface area contributed by atoms with Crippen molar-refractivity contribution >= 4 is 22.6 Å². The lowest BCUT2D eigenvalue weighted by Gasteiger charge is -2.01. The Labute approximate surface area is 73.6 Å². The number of rotatable bonds is 0. The lowest BCUT2D eigenvalue weighted by molar-refractivity contribution is -0.619. The highest BCUT2D eigenvalue weighted by molar-refractivity contribution is 14.1. The molecule has 1 heterocycles. The molecule has 0 saturated carbocycles. The van der Waals surface area contributed by atoms with Gasteiger partial charge in [-0.25, -0.2) is 0 Å². The van der Waals surface area contributed by atoms with Gasteiger partial charge in [0.2, 0.25) is 0 Å². The van der Waals surface area contributed by atoms with Gasteiger partial charge in [0, 0.05) is 33.7 Å². The van der Waals surface area contributed by atoms with E-state index in [-0.39, 0.29) is 0 Å². The van der Waals surface area contributed by atoms with Crippen LogP contribution in [0.5, 0.6) is 0 Å². The molecular formula is C7H8INO. The first-order valence-electron chi connectivity index (χ1n) is 2.97. The topological polar surface area (TPSA) is 26.9 Å². The fraction of sp³-hybridized carbons (Fsp3) is 0.286. The summed E-state index contributed by atoms with van der Waals surface area (Å²) in [5, 5.41) is 11.0. The number of aryl methyl sites for hydroxylation is 2. The molecule has 0 N–H and O–H groups in total. The van der Waals surface area contributed by atoms with Crippen LogP contribution >= 0.6 is 22.6 Å². The second-order valence-electron chi connectivity index (χ2n) is 2.32. The monoisotopic (exact) mass is 249 g/mol. The summed E-state index contributed by atoms with van der Waals surface area (Å²) in [7, 11) is 0. The molecule has 1 aromatic heterocycles.